The normalized spacial score (nSPS) is 10.3. The second-order valence-corrected chi connectivity index (χ2v) is 4.09. The van der Waals surface area contributed by atoms with E-state index in [0.717, 1.165) is 5.76 Å². The lowest BCUT2D eigenvalue weighted by Crippen LogP contribution is -2.28. The number of carbonyl (C=O) groups is 1. The van der Waals surface area contributed by atoms with Crippen molar-refractivity contribution in [3.05, 3.63) is 22.6 Å². The van der Waals surface area contributed by atoms with Crippen LogP contribution in [0.5, 0.6) is 0 Å². The van der Waals surface area contributed by atoms with Gasteiger partial charge in [0.05, 0.1) is 6.54 Å². The van der Waals surface area contributed by atoms with Crippen LogP contribution in [-0.2, 0) is 11.3 Å². The molecule has 15 heavy (non-hydrogen) atoms. The van der Waals surface area contributed by atoms with Crippen molar-refractivity contribution in [2.45, 2.75) is 13.0 Å². The lowest BCUT2D eigenvalue weighted by atomic mass is 10.3. The maximum atomic E-state index is 11.5. The van der Waals surface area contributed by atoms with Gasteiger partial charge >= 0.3 is 0 Å². The van der Waals surface area contributed by atoms with Crippen LogP contribution in [0, 0.1) is 0 Å². The van der Waals surface area contributed by atoms with Crippen molar-refractivity contribution in [3.63, 3.8) is 0 Å². The first kappa shape index (κ1) is 12.3. The monoisotopic (exact) mass is 274 g/mol. The van der Waals surface area contributed by atoms with Gasteiger partial charge in [-0.15, -0.1) is 0 Å². The third-order valence-electron chi connectivity index (χ3n) is 2.04. The van der Waals surface area contributed by atoms with Crippen molar-refractivity contribution < 1.29 is 9.21 Å². The number of halogens is 1. The number of rotatable bonds is 5. The van der Waals surface area contributed by atoms with Crippen molar-refractivity contribution in [3.8, 4) is 0 Å². The van der Waals surface area contributed by atoms with Crippen molar-refractivity contribution in [1.29, 1.82) is 0 Å². The highest BCUT2D eigenvalue weighted by Gasteiger charge is 2.10. The molecule has 1 aromatic heterocycles. The molecule has 0 aliphatic carbocycles. The van der Waals surface area contributed by atoms with Crippen LogP contribution in [0.4, 0.5) is 0 Å². The summed E-state index contributed by atoms with van der Waals surface area (Å²) in [7, 11) is 3.60. The molecule has 0 spiro atoms. The quantitative estimate of drug-likeness (QED) is 0.888. The third kappa shape index (κ3) is 4.05. The lowest BCUT2D eigenvalue weighted by Gasteiger charge is -2.15. The van der Waals surface area contributed by atoms with E-state index in [0.29, 0.717) is 24.2 Å². The highest BCUT2D eigenvalue weighted by molar-refractivity contribution is 9.10. The van der Waals surface area contributed by atoms with Gasteiger partial charge in [0.2, 0.25) is 5.91 Å². The predicted octanol–water partition coefficient (Wildman–Crippen LogP) is 1.61. The second kappa shape index (κ2) is 5.92. The SMILES string of the molecule is CNCCC(=O)N(C)Cc1ccc(Br)o1. The maximum absolute atomic E-state index is 11.5. The number of nitrogens with zero attached hydrogens (tertiary/aromatic N) is 1. The fraction of sp³-hybridized carbons (Fsp3) is 0.500. The predicted molar refractivity (Wildman–Crippen MR) is 61.4 cm³/mol. The summed E-state index contributed by atoms with van der Waals surface area (Å²) in [6, 6.07) is 3.67. The summed E-state index contributed by atoms with van der Waals surface area (Å²) in [6.45, 7) is 1.21. The van der Waals surface area contributed by atoms with Crippen LogP contribution in [0.1, 0.15) is 12.2 Å². The average molecular weight is 275 g/mol. The van der Waals surface area contributed by atoms with Gasteiger partial charge in [-0.05, 0) is 35.1 Å². The van der Waals surface area contributed by atoms with Crippen LogP contribution in [0.25, 0.3) is 0 Å². The highest BCUT2D eigenvalue weighted by atomic mass is 79.9. The van der Waals surface area contributed by atoms with E-state index in [2.05, 4.69) is 21.2 Å². The van der Waals surface area contributed by atoms with Gasteiger partial charge in [-0.25, -0.2) is 0 Å². The molecule has 1 amide bonds. The Kier molecular flexibility index (Phi) is 4.84. The van der Waals surface area contributed by atoms with Crippen LogP contribution < -0.4 is 5.32 Å². The van der Waals surface area contributed by atoms with Crippen molar-refractivity contribution >= 4 is 21.8 Å². The summed E-state index contributed by atoms with van der Waals surface area (Å²) in [5.74, 6) is 0.888. The first-order valence-electron chi connectivity index (χ1n) is 4.76. The van der Waals surface area contributed by atoms with E-state index in [4.69, 9.17) is 4.42 Å². The van der Waals surface area contributed by atoms with Crippen molar-refractivity contribution in [2.75, 3.05) is 20.6 Å². The molecule has 0 saturated carbocycles. The van der Waals surface area contributed by atoms with Crippen LogP contribution in [-0.4, -0.2) is 31.4 Å². The van der Waals surface area contributed by atoms with E-state index in [1.54, 1.807) is 11.9 Å². The molecular weight excluding hydrogens is 260 g/mol. The molecule has 0 aromatic carbocycles. The van der Waals surface area contributed by atoms with Crippen molar-refractivity contribution in [2.24, 2.45) is 0 Å². The summed E-state index contributed by atoms with van der Waals surface area (Å²) >= 11 is 3.22. The zero-order chi connectivity index (χ0) is 11.3. The Labute approximate surface area is 97.8 Å². The number of carbonyl (C=O) groups excluding carboxylic acids is 1. The average Bonchev–Trinajstić information content (AvgIpc) is 2.60. The minimum Gasteiger partial charge on any atom is -0.452 e. The zero-order valence-electron chi connectivity index (χ0n) is 8.92. The Balaban J connectivity index is 2.41. The number of nitrogens with one attached hydrogen (secondary N) is 1. The van der Waals surface area contributed by atoms with Gasteiger partial charge in [0.25, 0.3) is 0 Å². The molecule has 0 fully saturated rings. The van der Waals surface area contributed by atoms with Crippen LogP contribution in [0.3, 0.4) is 0 Å². The molecule has 0 aliphatic rings. The molecule has 5 heteroatoms. The Morgan fingerprint density at radius 1 is 1.60 bits per heavy atom. The van der Waals surface area contributed by atoms with Gasteiger partial charge in [0.15, 0.2) is 4.67 Å². The summed E-state index contributed by atoms with van der Waals surface area (Å²) in [6.07, 6.45) is 0.509. The number of furan rings is 1. The first-order valence-corrected chi connectivity index (χ1v) is 5.55. The molecule has 0 unspecified atom stereocenters. The van der Waals surface area contributed by atoms with Gasteiger partial charge < -0.3 is 14.6 Å². The van der Waals surface area contributed by atoms with Crippen LogP contribution >= 0.6 is 15.9 Å². The number of amides is 1. The second-order valence-electron chi connectivity index (χ2n) is 3.31. The minimum atomic E-state index is 0.108. The number of hydrogen-bond acceptors (Lipinski definition) is 3. The van der Waals surface area contributed by atoms with Gasteiger partial charge in [-0.3, -0.25) is 4.79 Å². The summed E-state index contributed by atoms with van der Waals surface area (Å²) < 4.78 is 6.00. The first-order chi connectivity index (χ1) is 7.13. The van der Waals surface area contributed by atoms with E-state index in [1.807, 2.05) is 19.2 Å². The molecule has 4 nitrogen and oxygen atoms in total. The molecule has 0 atom stereocenters. The zero-order valence-corrected chi connectivity index (χ0v) is 10.5. The van der Waals surface area contributed by atoms with E-state index < -0.39 is 0 Å². The summed E-state index contributed by atoms with van der Waals surface area (Å²) in [4.78, 5) is 13.2. The smallest absolute Gasteiger partial charge is 0.223 e. The summed E-state index contributed by atoms with van der Waals surface area (Å²) in [5.41, 5.74) is 0. The molecule has 0 saturated heterocycles. The van der Waals surface area contributed by atoms with Crippen molar-refractivity contribution in [1.82, 2.24) is 10.2 Å². The minimum absolute atomic E-state index is 0.108. The largest absolute Gasteiger partial charge is 0.452 e. The standard InChI is InChI=1S/C10H15BrN2O2/c1-12-6-5-10(14)13(2)7-8-3-4-9(11)15-8/h3-4,12H,5-7H2,1-2H3. The topological polar surface area (TPSA) is 45.5 Å². The van der Waals surface area contributed by atoms with Gasteiger partial charge in [-0.1, -0.05) is 0 Å². The molecule has 84 valence electrons. The Morgan fingerprint density at radius 3 is 2.87 bits per heavy atom. The molecular formula is C10H15BrN2O2. The van der Waals surface area contributed by atoms with Gasteiger partial charge in [0.1, 0.15) is 5.76 Å². The fourth-order valence-electron chi connectivity index (χ4n) is 1.18. The van der Waals surface area contributed by atoms with Gasteiger partial charge in [-0.2, -0.15) is 0 Å². The van der Waals surface area contributed by atoms with E-state index >= 15 is 0 Å². The molecule has 1 N–H and O–H groups in total. The lowest BCUT2D eigenvalue weighted by molar-refractivity contribution is -0.130. The Morgan fingerprint density at radius 2 is 2.33 bits per heavy atom. The Bertz CT molecular complexity index is 325. The third-order valence-corrected chi connectivity index (χ3v) is 2.46. The maximum Gasteiger partial charge on any atom is 0.223 e. The van der Waals surface area contributed by atoms with E-state index in [9.17, 15) is 4.79 Å². The molecule has 1 heterocycles. The molecule has 0 bridgehead atoms. The molecule has 1 aromatic rings. The number of hydrogen-bond donors (Lipinski definition) is 1. The Hall–Kier alpha value is -0.810. The molecule has 0 radical (unpaired) electrons. The summed E-state index contributed by atoms with van der Waals surface area (Å²) in [5, 5.41) is 2.94. The van der Waals surface area contributed by atoms with E-state index in [1.165, 1.54) is 0 Å². The fourth-order valence-corrected chi connectivity index (χ4v) is 1.52. The van der Waals surface area contributed by atoms with Gasteiger partial charge in [0, 0.05) is 20.0 Å². The van der Waals surface area contributed by atoms with Crippen LogP contribution in [0.15, 0.2) is 21.2 Å². The van der Waals surface area contributed by atoms with Crippen LogP contribution in [0.2, 0.25) is 0 Å². The molecule has 0 aliphatic heterocycles. The highest BCUT2D eigenvalue weighted by Crippen LogP contribution is 2.15. The molecule has 1 rings (SSSR count). The van der Waals surface area contributed by atoms with E-state index in [-0.39, 0.29) is 5.91 Å².